The number of nitrogens with one attached hydrogen (secondary N) is 2. The van der Waals surface area contributed by atoms with Gasteiger partial charge in [-0.25, -0.2) is 4.98 Å². The second-order valence-electron chi connectivity index (χ2n) is 6.58. The number of rotatable bonds is 6. The molecular formula is C22H21N3O3. The lowest BCUT2D eigenvalue weighted by Crippen LogP contribution is -2.23. The molecule has 2 aromatic carbocycles. The molecule has 28 heavy (non-hydrogen) atoms. The van der Waals surface area contributed by atoms with Crippen LogP contribution in [0.15, 0.2) is 66.9 Å². The lowest BCUT2D eigenvalue weighted by molar-refractivity contribution is 0.0946. The zero-order valence-corrected chi connectivity index (χ0v) is 15.5. The van der Waals surface area contributed by atoms with Gasteiger partial charge >= 0.3 is 0 Å². The number of nitrogens with zero attached hydrogens (tertiary/aromatic N) is 1. The molecule has 6 nitrogen and oxygen atoms in total. The van der Waals surface area contributed by atoms with Crippen molar-refractivity contribution in [2.75, 3.05) is 12.1 Å². The maximum Gasteiger partial charge on any atom is 0.270 e. The summed E-state index contributed by atoms with van der Waals surface area (Å²) in [6.07, 6.45) is 1.68. The third-order valence-electron chi connectivity index (χ3n) is 4.57. The summed E-state index contributed by atoms with van der Waals surface area (Å²) >= 11 is 0. The van der Waals surface area contributed by atoms with Crippen LogP contribution in [0.25, 0.3) is 0 Å². The zero-order chi connectivity index (χ0) is 19.3. The molecule has 1 aliphatic rings. The average molecular weight is 375 g/mol. The number of carbonyl (C=O) groups excluding carboxylic acids is 1. The highest BCUT2D eigenvalue weighted by Crippen LogP contribution is 2.32. The van der Waals surface area contributed by atoms with Gasteiger partial charge < -0.3 is 20.1 Å². The molecule has 2 heterocycles. The van der Waals surface area contributed by atoms with Gasteiger partial charge in [0.25, 0.3) is 5.91 Å². The number of hydrogen-bond donors (Lipinski definition) is 2. The molecule has 0 fully saturated rings. The maximum absolute atomic E-state index is 12.4. The van der Waals surface area contributed by atoms with Gasteiger partial charge in [0.2, 0.25) is 6.79 Å². The number of anilines is 1. The van der Waals surface area contributed by atoms with E-state index in [2.05, 4.69) is 34.7 Å². The standard InChI is InChI=1S/C22H21N3O3/c1-15(17-5-3-2-4-6-17)25-18-8-9-19(23-13-18)22(26)24-12-16-7-10-20-21(11-16)28-14-27-20/h2-11,13,15,25H,12,14H2,1H3,(H,24,26). The summed E-state index contributed by atoms with van der Waals surface area (Å²) in [5.41, 5.74) is 3.36. The minimum Gasteiger partial charge on any atom is -0.454 e. The number of benzene rings is 2. The first-order chi connectivity index (χ1) is 13.7. The summed E-state index contributed by atoms with van der Waals surface area (Å²) in [5.74, 6) is 1.21. The molecule has 0 saturated heterocycles. The Labute approximate surface area is 163 Å². The normalized spacial score (nSPS) is 13.0. The third-order valence-corrected chi connectivity index (χ3v) is 4.57. The number of aromatic nitrogens is 1. The summed E-state index contributed by atoms with van der Waals surface area (Å²) in [6.45, 7) is 2.71. The van der Waals surface area contributed by atoms with Gasteiger partial charge in [-0.3, -0.25) is 4.79 Å². The van der Waals surface area contributed by atoms with E-state index >= 15 is 0 Å². The average Bonchev–Trinajstić information content (AvgIpc) is 3.21. The number of ether oxygens (including phenoxy) is 2. The lowest BCUT2D eigenvalue weighted by atomic mass is 10.1. The highest BCUT2D eigenvalue weighted by molar-refractivity contribution is 5.92. The van der Waals surface area contributed by atoms with Gasteiger partial charge in [-0.1, -0.05) is 36.4 Å². The molecule has 1 atom stereocenters. The minimum atomic E-state index is -0.222. The number of carbonyl (C=O) groups is 1. The van der Waals surface area contributed by atoms with Crippen LogP contribution in [0.2, 0.25) is 0 Å². The predicted molar refractivity (Wildman–Crippen MR) is 106 cm³/mol. The monoisotopic (exact) mass is 375 g/mol. The molecule has 1 aromatic heterocycles. The first-order valence-electron chi connectivity index (χ1n) is 9.13. The molecule has 0 radical (unpaired) electrons. The van der Waals surface area contributed by atoms with E-state index in [0.29, 0.717) is 18.0 Å². The summed E-state index contributed by atoms with van der Waals surface area (Å²) in [4.78, 5) is 16.6. The fraction of sp³-hybridized carbons (Fsp3) is 0.182. The van der Waals surface area contributed by atoms with Crippen LogP contribution in [0.4, 0.5) is 5.69 Å². The Morgan fingerprint density at radius 2 is 1.89 bits per heavy atom. The number of pyridine rings is 1. The highest BCUT2D eigenvalue weighted by atomic mass is 16.7. The molecule has 0 spiro atoms. The molecule has 0 bridgehead atoms. The fourth-order valence-corrected chi connectivity index (χ4v) is 3.01. The van der Waals surface area contributed by atoms with Crippen LogP contribution in [0, 0.1) is 0 Å². The smallest absolute Gasteiger partial charge is 0.270 e. The topological polar surface area (TPSA) is 72.5 Å². The van der Waals surface area contributed by atoms with Gasteiger partial charge in [0.15, 0.2) is 11.5 Å². The molecule has 142 valence electrons. The Bertz CT molecular complexity index is 959. The van der Waals surface area contributed by atoms with Crippen LogP contribution in [-0.2, 0) is 6.54 Å². The van der Waals surface area contributed by atoms with Crippen molar-refractivity contribution in [1.29, 1.82) is 0 Å². The van der Waals surface area contributed by atoms with Crippen molar-refractivity contribution in [3.05, 3.63) is 83.7 Å². The van der Waals surface area contributed by atoms with Crippen LogP contribution in [0.5, 0.6) is 11.5 Å². The van der Waals surface area contributed by atoms with E-state index in [1.807, 2.05) is 42.5 Å². The second kappa shape index (κ2) is 8.00. The molecular weight excluding hydrogens is 354 g/mol. The summed E-state index contributed by atoms with van der Waals surface area (Å²) in [5, 5.41) is 6.26. The van der Waals surface area contributed by atoms with E-state index in [0.717, 1.165) is 17.0 Å². The summed E-state index contributed by atoms with van der Waals surface area (Å²) in [6, 6.07) is 19.5. The SMILES string of the molecule is CC(Nc1ccc(C(=O)NCc2ccc3c(c2)OCO3)nc1)c1ccccc1. The van der Waals surface area contributed by atoms with Crippen LogP contribution < -0.4 is 20.1 Å². The van der Waals surface area contributed by atoms with Gasteiger partial charge in [0.1, 0.15) is 5.69 Å². The largest absolute Gasteiger partial charge is 0.454 e. The molecule has 3 aromatic rings. The maximum atomic E-state index is 12.4. The molecule has 1 aliphatic heterocycles. The Balaban J connectivity index is 1.33. The van der Waals surface area contributed by atoms with Crippen molar-refractivity contribution in [2.24, 2.45) is 0 Å². The van der Waals surface area contributed by atoms with E-state index < -0.39 is 0 Å². The molecule has 0 aliphatic carbocycles. The van der Waals surface area contributed by atoms with Crippen molar-refractivity contribution in [3.63, 3.8) is 0 Å². The predicted octanol–water partition coefficient (Wildman–Crippen LogP) is 3.91. The van der Waals surface area contributed by atoms with Crippen LogP contribution >= 0.6 is 0 Å². The first-order valence-corrected chi connectivity index (χ1v) is 9.13. The summed E-state index contributed by atoms with van der Waals surface area (Å²) < 4.78 is 10.6. The molecule has 1 amide bonds. The van der Waals surface area contributed by atoms with Crippen LogP contribution in [-0.4, -0.2) is 17.7 Å². The van der Waals surface area contributed by atoms with Gasteiger partial charge in [-0.2, -0.15) is 0 Å². The Kier molecular flexibility index (Phi) is 5.10. The van der Waals surface area contributed by atoms with Crippen molar-refractivity contribution in [3.8, 4) is 11.5 Å². The molecule has 6 heteroatoms. The number of hydrogen-bond acceptors (Lipinski definition) is 5. The Morgan fingerprint density at radius 3 is 2.68 bits per heavy atom. The highest BCUT2D eigenvalue weighted by Gasteiger charge is 2.14. The molecule has 4 rings (SSSR count). The fourth-order valence-electron chi connectivity index (χ4n) is 3.01. The second-order valence-corrected chi connectivity index (χ2v) is 6.58. The molecule has 1 unspecified atom stereocenters. The molecule has 2 N–H and O–H groups in total. The zero-order valence-electron chi connectivity index (χ0n) is 15.5. The van der Waals surface area contributed by atoms with E-state index in [1.165, 1.54) is 5.56 Å². The number of fused-ring (bicyclic) bond motifs is 1. The van der Waals surface area contributed by atoms with E-state index in [9.17, 15) is 4.79 Å². The van der Waals surface area contributed by atoms with Gasteiger partial charge in [0.05, 0.1) is 11.9 Å². The van der Waals surface area contributed by atoms with Crippen molar-refractivity contribution >= 4 is 11.6 Å². The van der Waals surface area contributed by atoms with Crippen molar-refractivity contribution in [2.45, 2.75) is 19.5 Å². The van der Waals surface area contributed by atoms with E-state index in [4.69, 9.17) is 9.47 Å². The minimum absolute atomic E-state index is 0.147. The first kappa shape index (κ1) is 17.9. The van der Waals surface area contributed by atoms with Crippen molar-refractivity contribution in [1.82, 2.24) is 10.3 Å². The van der Waals surface area contributed by atoms with E-state index in [-0.39, 0.29) is 18.7 Å². The van der Waals surface area contributed by atoms with Crippen LogP contribution in [0.1, 0.15) is 34.6 Å². The van der Waals surface area contributed by atoms with E-state index in [1.54, 1.807) is 12.3 Å². The lowest BCUT2D eigenvalue weighted by Gasteiger charge is -2.15. The van der Waals surface area contributed by atoms with Gasteiger partial charge in [-0.15, -0.1) is 0 Å². The Hall–Kier alpha value is -3.54. The molecule has 0 saturated carbocycles. The Morgan fingerprint density at radius 1 is 1.07 bits per heavy atom. The van der Waals surface area contributed by atoms with Gasteiger partial charge in [-0.05, 0) is 42.3 Å². The summed E-state index contributed by atoms with van der Waals surface area (Å²) in [7, 11) is 0. The number of amides is 1. The third kappa shape index (κ3) is 4.06. The van der Waals surface area contributed by atoms with Gasteiger partial charge in [0, 0.05) is 12.6 Å². The quantitative estimate of drug-likeness (QED) is 0.683. The van der Waals surface area contributed by atoms with Crippen LogP contribution in [0.3, 0.4) is 0 Å². The van der Waals surface area contributed by atoms with Crippen molar-refractivity contribution < 1.29 is 14.3 Å².